The maximum Gasteiger partial charge on any atom is 0.256 e. The third kappa shape index (κ3) is 4.09. The Morgan fingerprint density at radius 1 is 0.742 bits per heavy atom. The SMILES string of the molecule is Cc1ccc(-c2nc3c(C)cc(C)cc3c(C(=O)Nc3cc(C)cc(C)c3)c2C)cc1. The number of nitrogens with zero attached hydrogens (tertiary/aromatic N) is 1. The molecule has 0 spiro atoms. The highest BCUT2D eigenvalue weighted by atomic mass is 16.1. The van der Waals surface area contributed by atoms with E-state index in [4.69, 9.17) is 4.98 Å². The van der Waals surface area contributed by atoms with Gasteiger partial charge in [-0.05, 0) is 82.0 Å². The zero-order valence-electron chi connectivity index (χ0n) is 19.1. The highest BCUT2D eigenvalue weighted by molar-refractivity contribution is 6.15. The van der Waals surface area contributed by atoms with Gasteiger partial charge in [0.2, 0.25) is 0 Å². The molecule has 0 aliphatic rings. The molecular formula is C28H28N2O. The second-order valence-electron chi connectivity index (χ2n) is 8.63. The Bertz CT molecular complexity index is 1300. The highest BCUT2D eigenvalue weighted by Gasteiger charge is 2.20. The average molecular weight is 409 g/mol. The molecule has 0 atom stereocenters. The third-order valence-corrected chi connectivity index (χ3v) is 5.70. The maximum atomic E-state index is 13.6. The molecule has 3 nitrogen and oxygen atoms in total. The van der Waals surface area contributed by atoms with Gasteiger partial charge < -0.3 is 5.32 Å². The Morgan fingerprint density at radius 3 is 2.00 bits per heavy atom. The number of hydrogen-bond acceptors (Lipinski definition) is 2. The quantitative estimate of drug-likeness (QED) is 0.396. The van der Waals surface area contributed by atoms with Crippen LogP contribution in [0, 0.1) is 41.5 Å². The van der Waals surface area contributed by atoms with Crippen LogP contribution in [0.5, 0.6) is 0 Å². The Hall–Kier alpha value is -3.46. The molecule has 0 saturated carbocycles. The summed E-state index contributed by atoms with van der Waals surface area (Å²) < 4.78 is 0. The number of pyridine rings is 1. The van der Waals surface area contributed by atoms with Crippen molar-refractivity contribution >= 4 is 22.5 Å². The van der Waals surface area contributed by atoms with Gasteiger partial charge >= 0.3 is 0 Å². The second kappa shape index (κ2) is 7.99. The van der Waals surface area contributed by atoms with Crippen molar-refractivity contribution in [2.75, 3.05) is 5.32 Å². The number of nitrogens with one attached hydrogen (secondary N) is 1. The number of amides is 1. The molecule has 1 amide bonds. The van der Waals surface area contributed by atoms with Crippen LogP contribution in [0.2, 0.25) is 0 Å². The van der Waals surface area contributed by atoms with E-state index in [1.165, 1.54) is 5.56 Å². The molecule has 1 N–H and O–H groups in total. The zero-order chi connectivity index (χ0) is 22.3. The molecule has 4 rings (SSSR count). The molecular weight excluding hydrogens is 380 g/mol. The molecule has 1 aromatic heterocycles. The van der Waals surface area contributed by atoms with E-state index in [9.17, 15) is 4.79 Å². The van der Waals surface area contributed by atoms with Crippen LogP contribution in [-0.4, -0.2) is 10.9 Å². The van der Waals surface area contributed by atoms with Gasteiger partial charge in [0.15, 0.2) is 0 Å². The van der Waals surface area contributed by atoms with Crippen LogP contribution in [0.25, 0.3) is 22.2 Å². The molecule has 0 aliphatic carbocycles. The number of aryl methyl sites for hydroxylation is 5. The first-order valence-corrected chi connectivity index (χ1v) is 10.6. The molecule has 0 fully saturated rings. The predicted octanol–water partition coefficient (Wildman–Crippen LogP) is 7.00. The molecule has 4 aromatic rings. The first kappa shape index (κ1) is 20.8. The molecule has 0 saturated heterocycles. The Balaban J connectivity index is 1.94. The molecule has 3 aromatic carbocycles. The molecule has 31 heavy (non-hydrogen) atoms. The van der Waals surface area contributed by atoms with Crippen LogP contribution in [0.4, 0.5) is 5.69 Å². The number of anilines is 1. The fourth-order valence-corrected chi connectivity index (χ4v) is 4.34. The fraction of sp³-hybridized carbons (Fsp3) is 0.214. The Morgan fingerprint density at radius 2 is 1.35 bits per heavy atom. The Kier molecular flexibility index (Phi) is 5.36. The van der Waals surface area contributed by atoms with E-state index in [0.29, 0.717) is 5.56 Å². The van der Waals surface area contributed by atoms with Crippen molar-refractivity contribution in [1.29, 1.82) is 0 Å². The van der Waals surface area contributed by atoms with Crippen molar-refractivity contribution in [3.05, 3.63) is 93.5 Å². The molecule has 0 unspecified atom stereocenters. The highest BCUT2D eigenvalue weighted by Crippen LogP contribution is 2.32. The number of benzene rings is 3. The van der Waals surface area contributed by atoms with Crippen LogP contribution >= 0.6 is 0 Å². The lowest BCUT2D eigenvalue weighted by molar-refractivity contribution is 0.102. The standard InChI is InChI=1S/C28H28N2O/c1-16-7-9-22(10-8-16)27-21(6)25(24-15-19(4)12-20(5)26(24)30-27)28(31)29-23-13-17(2)11-18(3)14-23/h7-15H,1-6H3,(H,29,31). The van der Waals surface area contributed by atoms with Crippen LogP contribution in [0.15, 0.2) is 54.6 Å². The van der Waals surface area contributed by atoms with Crippen molar-refractivity contribution in [1.82, 2.24) is 4.98 Å². The topological polar surface area (TPSA) is 42.0 Å². The van der Waals surface area contributed by atoms with Crippen molar-refractivity contribution in [2.24, 2.45) is 0 Å². The Labute approximate surface area is 184 Å². The summed E-state index contributed by atoms with van der Waals surface area (Å²) >= 11 is 0. The molecule has 0 aliphatic heterocycles. The lowest BCUT2D eigenvalue weighted by atomic mass is 9.94. The van der Waals surface area contributed by atoms with Gasteiger partial charge in [-0.25, -0.2) is 4.98 Å². The zero-order valence-corrected chi connectivity index (χ0v) is 19.1. The molecule has 1 heterocycles. The summed E-state index contributed by atoms with van der Waals surface area (Å²) in [5.41, 5.74) is 10.8. The van der Waals surface area contributed by atoms with Crippen molar-refractivity contribution in [3.63, 3.8) is 0 Å². The smallest absolute Gasteiger partial charge is 0.256 e. The van der Waals surface area contributed by atoms with Gasteiger partial charge in [0.25, 0.3) is 5.91 Å². The van der Waals surface area contributed by atoms with Crippen molar-refractivity contribution < 1.29 is 4.79 Å². The summed E-state index contributed by atoms with van der Waals surface area (Å²) in [5, 5.41) is 4.03. The van der Waals surface area contributed by atoms with Gasteiger partial charge in [0, 0.05) is 16.6 Å². The normalized spacial score (nSPS) is 11.0. The summed E-state index contributed by atoms with van der Waals surface area (Å²) in [6.45, 7) is 12.3. The number of aromatic nitrogens is 1. The van der Waals surface area contributed by atoms with Gasteiger partial charge in [-0.15, -0.1) is 0 Å². The average Bonchev–Trinajstić information content (AvgIpc) is 2.67. The van der Waals surface area contributed by atoms with E-state index in [1.54, 1.807) is 0 Å². The predicted molar refractivity (Wildman–Crippen MR) is 130 cm³/mol. The second-order valence-corrected chi connectivity index (χ2v) is 8.63. The maximum absolute atomic E-state index is 13.6. The molecule has 156 valence electrons. The lowest BCUT2D eigenvalue weighted by Gasteiger charge is -2.17. The number of carbonyl (C=O) groups is 1. The minimum absolute atomic E-state index is 0.103. The number of rotatable bonds is 3. The molecule has 0 radical (unpaired) electrons. The lowest BCUT2D eigenvalue weighted by Crippen LogP contribution is -2.16. The minimum Gasteiger partial charge on any atom is -0.322 e. The first-order chi connectivity index (χ1) is 14.7. The van der Waals surface area contributed by atoms with Crippen LogP contribution in [0.1, 0.15) is 43.7 Å². The third-order valence-electron chi connectivity index (χ3n) is 5.70. The number of hydrogen-bond donors (Lipinski definition) is 1. The summed E-state index contributed by atoms with van der Waals surface area (Å²) in [7, 11) is 0. The van der Waals surface area contributed by atoms with Crippen LogP contribution in [0.3, 0.4) is 0 Å². The van der Waals surface area contributed by atoms with Gasteiger partial charge in [0.05, 0.1) is 16.8 Å². The summed E-state index contributed by atoms with van der Waals surface area (Å²) in [4.78, 5) is 18.6. The number of carbonyl (C=O) groups excluding carboxylic acids is 1. The van der Waals surface area contributed by atoms with E-state index in [0.717, 1.165) is 55.7 Å². The largest absolute Gasteiger partial charge is 0.322 e. The van der Waals surface area contributed by atoms with Gasteiger partial charge in [0.1, 0.15) is 0 Å². The number of fused-ring (bicyclic) bond motifs is 1. The van der Waals surface area contributed by atoms with E-state index in [2.05, 4.69) is 68.6 Å². The first-order valence-electron chi connectivity index (χ1n) is 10.6. The van der Waals surface area contributed by atoms with Gasteiger partial charge in [-0.3, -0.25) is 4.79 Å². The van der Waals surface area contributed by atoms with E-state index in [-0.39, 0.29) is 5.91 Å². The van der Waals surface area contributed by atoms with E-state index in [1.807, 2.05) is 32.9 Å². The molecule has 0 bridgehead atoms. The van der Waals surface area contributed by atoms with Gasteiger partial charge in [-0.2, -0.15) is 0 Å². The fourth-order valence-electron chi connectivity index (χ4n) is 4.34. The monoisotopic (exact) mass is 408 g/mol. The summed E-state index contributed by atoms with van der Waals surface area (Å²) in [6.07, 6.45) is 0. The van der Waals surface area contributed by atoms with Gasteiger partial charge in [-0.1, -0.05) is 47.5 Å². The van der Waals surface area contributed by atoms with E-state index < -0.39 is 0 Å². The minimum atomic E-state index is -0.103. The summed E-state index contributed by atoms with van der Waals surface area (Å²) in [6, 6.07) is 18.6. The van der Waals surface area contributed by atoms with Crippen LogP contribution in [-0.2, 0) is 0 Å². The van der Waals surface area contributed by atoms with Crippen molar-refractivity contribution in [2.45, 2.75) is 41.5 Å². The van der Waals surface area contributed by atoms with Crippen LogP contribution < -0.4 is 5.32 Å². The summed E-state index contributed by atoms with van der Waals surface area (Å²) in [5.74, 6) is -0.103. The van der Waals surface area contributed by atoms with Crippen molar-refractivity contribution in [3.8, 4) is 11.3 Å². The molecule has 3 heteroatoms. The van der Waals surface area contributed by atoms with E-state index >= 15 is 0 Å².